The van der Waals surface area contributed by atoms with Crippen molar-refractivity contribution in [2.75, 3.05) is 5.32 Å². The van der Waals surface area contributed by atoms with Crippen LogP contribution in [0.3, 0.4) is 0 Å². The number of rotatable bonds is 3. The topological polar surface area (TPSA) is 37.8 Å². The molecule has 0 aliphatic carbocycles. The number of hydrogen-bond donors (Lipinski definition) is 1. The number of aromatic nitrogens is 2. The average Bonchev–Trinajstić information content (AvgIpc) is 2.38. The molecule has 0 bridgehead atoms. The van der Waals surface area contributed by atoms with Crippen molar-refractivity contribution in [1.29, 1.82) is 0 Å². The first-order valence-electron chi connectivity index (χ1n) is 5.87. The van der Waals surface area contributed by atoms with Crippen molar-refractivity contribution in [3.05, 3.63) is 44.5 Å². The Labute approximate surface area is 131 Å². The minimum atomic E-state index is -0.503. The fraction of sp³-hybridized carbons (Fsp3) is 0.231. The van der Waals surface area contributed by atoms with Crippen LogP contribution in [0.2, 0.25) is 15.2 Å². The second-order valence-corrected chi connectivity index (χ2v) is 5.30. The first kappa shape index (κ1) is 15.3. The van der Waals surface area contributed by atoms with Gasteiger partial charge in [-0.3, -0.25) is 0 Å². The molecule has 0 saturated heterocycles. The van der Waals surface area contributed by atoms with Gasteiger partial charge in [-0.25, -0.2) is 14.4 Å². The van der Waals surface area contributed by atoms with Crippen molar-refractivity contribution in [2.45, 2.75) is 20.3 Å². The average molecular weight is 335 g/mol. The molecule has 0 unspecified atom stereocenters. The highest BCUT2D eigenvalue weighted by Crippen LogP contribution is 2.34. The molecule has 1 aromatic carbocycles. The lowest BCUT2D eigenvalue weighted by molar-refractivity contribution is 0.628. The predicted octanol–water partition coefficient (Wildman–Crippen LogP) is 5.19. The third kappa shape index (κ3) is 3.14. The summed E-state index contributed by atoms with van der Waals surface area (Å²) in [6.07, 6.45) is 0.638. The van der Waals surface area contributed by atoms with E-state index in [4.69, 9.17) is 34.8 Å². The lowest BCUT2D eigenvalue weighted by atomic mass is 10.2. The van der Waals surface area contributed by atoms with Crippen molar-refractivity contribution < 1.29 is 4.39 Å². The van der Waals surface area contributed by atoms with Gasteiger partial charge in [-0.1, -0.05) is 41.7 Å². The Balaban J connectivity index is 2.47. The molecule has 0 radical (unpaired) electrons. The number of benzene rings is 1. The summed E-state index contributed by atoms with van der Waals surface area (Å²) in [6, 6.07) is 2.35. The van der Waals surface area contributed by atoms with Crippen molar-refractivity contribution in [3.63, 3.8) is 0 Å². The Morgan fingerprint density at radius 3 is 2.30 bits per heavy atom. The maximum Gasteiger partial charge on any atom is 0.138 e. The van der Waals surface area contributed by atoms with Gasteiger partial charge in [0.15, 0.2) is 0 Å². The van der Waals surface area contributed by atoms with Gasteiger partial charge in [-0.05, 0) is 19.1 Å². The van der Waals surface area contributed by atoms with E-state index in [9.17, 15) is 4.39 Å². The standard InChI is InChI=1S/C13H11Cl3FN3/c1-3-10-18-12(16)6(2)13(19-10)20-11-8(14)4-7(17)5-9(11)15/h4-5H,3H2,1-2H3,(H,18,19,20). The molecule has 0 aliphatic rings. The van der Waals surface area contributed by atoms with Crippen LogP contribution >= 0.6 is 34.8 Å². The minimum Gasteiger partial charge on any atom is -0.337 e. The number of nitrogens with zero attached hydrogens (tertiary/aromatic N) is 2. The normalized spacial score (nSPS) is 10.7. The maximum absolute atomic E-state index is 13.2. The Morgan fingerprint density at radius 1 is 1.15 bits per heavy atom. The van der Waals surface area contributed by atoms with Crippen LogP contribution in [0.5, 0.6) is 0 Å². The highest BCUT2D eigenvalue weighted by Gasteiger charge is 2.13. The molecule has 3 nitrogen and oxygen atoms in total. The van der Waals surface area contributed by atoms with Crippen molar-refractivity contribution in [3.8, 4) is 0 Å². The summed E-state index contributed by atoms with van der Waals surface area (Å²) < 4.78 is 13.2. The molecule has 0 fully saturated rings. The highest BCUT2D eigenvalue weighted by atomic mass is 35.5. The third-order valence-corrected chi connectivity index (χ3v) is 3.66. The quantitative estimate of drug-likeness (QED) is 0.785. The fourth-order valence-corrected chi connectivity index (χ4v) is 2.33. The summed E-state index contributed by atoms with van der Waals surface area (Å²) >= 11 is 18.0. The van der Waals surface area contributed by atoms with Crippen molar-refractivity contribution >= 4 is 46.3 Å². The maximum atomic E-state index is 13.2. The molecule has 0 saturated carbocycles. The molecule has 0 aliphatic heterocycles. The molecule has 106 valence electrons. The molecule has 20 heavy (non-hydrogen) atoms. The largest absolute Gasteiger partial charge is 0.337 e. The van der Waals surface area contributed by atoms with Gasteiger partial charge < -0.3 is 5.32 Å². The smallest absolute Gasteiger partial charge is 0.138 e. The lowest BCUT2D eigenvalue weighted by Crippen LogP contribution is -2.04. The fourth-order valence-electron chi connectivity index (χ4n) is 1.59. The van der Waals surface area contributed by atoms with E-state index >= 15 is 0 Å². The van der Waals surface area contributed by atoms with Gasteiger partial charge in [-0.2, -0.15) is 0 Å². The van der Waals surface area contributed by atoms with E-state index in [0.717, 1.165) is 0 Å². The lowest BCUT2D eigenvalue weighted by Gasteiger charge is -2.13. The van der Waals surface area contributed by atoms with Crippen molar-refractivity contribution in [1.82, 2.24) is 9.97 Å². The number of halogens is 4. The minimum absolute atomic E-state index is 0.169. The van der Waals surface area contributed by atoms with Crippen LogP contribution in [-0.2, 0) is 6.42 Å². The molecule has 1 N–H and O–H groups in total. The molecule has 2 aromatic rings. The van der Waals surface area contributed by atoms with Crippen LogP contribution in [0.25, 0.3) is 0 Å². The third-order valence-electron chi connectivity index (χ3n) is 2.70. The summed E-state index contributed by atoms with van der Waals surface area (Å²) in [7, 11) is 0. The van der Waals surface area contributed by atoms with Crippen LogP contribution in [0.15, 0.2) is 12.1 Å². The van der Waals surface area contributed by atoms with Gasteiger partial charge in [0.1, 0.15) is 22.6 Å². The van der Waals surface area contributed by atoms with Gasteiger partial charge in [-0.15, -0.1) is 0 Å². The Morgan fingerprint density at radius 2 is 1.75 bits per heavy atom. The Kier molecular flexibility index (Phi) is 4.68. The molecule has 0 spiro atoms. The zero-order valence-corrected chi connectivity index (χ0v) is 13.0. The molecule has 1 heterocycles. The second-order valence-electron chi connectivity index (χ2n) is 4.13. The Bertz CT molecular complexity index is 639. The summed E-state index contributed by atoms with van der Waals surface area (Å²) in [4.78, 5) is 8.47. The number of hydrogen-bond acceptors (Lipinski definition) is 3. The second kappa shape index (κ2) is 6.12. The molecular weight excluding hydrogens is 324 g/mol. The van der Waals surface area contributed by atoms with E-state index in [1.807, 2.05) is 6.92 Å². The van der Waals surface area contributed by atoms with Crippen LogP contribution in [0.1, 0.15) is 18.3 Å². The van der Waals surface area contributed by atoms with E-state index in [0.29, 0.717) is 34.5 Å². The van der Waals surface area contributed by atoms with E-state index in [1.54, 1.807) is 6.92 Å². The van der Waals surface area contributed by atoms with Gasteiger partial charge >= 0.3 is 0 Å². The van der Waals surface area contributed by atoms with E-state index in [1.165, 1.54) is 12.1 Å². The van der Waals surface area contributed by atoms with Crippen molar-refractivity contribution in [2.24, 2.45) is 0 Å². The predicted molar refractivity (Wildman–Crippen MR) is 80.9 cm³/mol. The Hall–Kier alpha value is -1.10. The molecular formula is C13H11Cl3FN3. The van der Waals surface area contributed by atoms with Gasteiger partial charge in [0.05, 0.1) is 15.7 Å². The van der Waals surface area contributed by atoms with Crippen LogP contribution < -0.4 is 5.32 Å². The zero-order valence-electron chi connectivity index (χ0n) is 10.8. The highest BCUT2D eigenvalue weighted by molar-refractivity contribution is 6.39. The van der Waals surface area contributed by atoms with Gasteiger partial charge in [0.2, 0.25) is 0 Å². The number of aryl methyl sites for hydroxylation is 1. The first-order valence-corrected chi connectivity index (χ1v) is 7.00. The van der Waals surface area contributed by atoms with Crippen LogP contribution in [0, 0.1) is 12.7 Å². The molecule has 0 amide bonds. The van der Waals surface area contributed by atoms with Crippen LogP contribution in [0.4, 0.5) is 15.9 Å². The zero-order chi connectivity index (χ0) is 14.9. The monoisotopic (exact) mass is 333 g/mol. The molecule has 7 heteroatoms. The summed E-state index contributed by atoms with van der Waals surface area (Å²) in [6.45, 7) is 3.69. The van der Waals surface area contributed by atoms with E-state index in [-0.39, 0.29) is 10.0 Å². The van der Waals surface area contributed by atoms with E-state index < -0.39 is 5.82 Å². The van der Waals surface area contributed by atoms with Crippen LogP contribution in [-0.4, -0.2) is 9.97 Å². The molecule has 0 atom stereocenters. The molecule has 2 rings (SSSR count). The number of anilines is 2. The summed E-state index contributed by atoms with van der Waals surface area (Å²) in [5.74, 6) is 0.590. The first-order chi connectivity index (χ1) is 9.42. The molecule has 1 aromatic heterocycles. The van der Waals surface area contributed by atoms with E-state index in [2.05, 4.69) is 15.3 Å². The number of nitrogens with one attached hydrogen (secondary N) is 1. The summed E-state index contributed by atoms with van der Waals surface area (Å²) in [5.41, 5.74) is 1.05. The summed E-state index contributed by atoms with van der Waals surface area (Å²) in [5, 5.41) is 3.68. The SMILES string of the molecule is CCc1nc(Cl)c(C)c(Nc2c(Cl)cc(F)cc2Cl)n1. The van der Waals surface area contributed by atoms with Gasteiger partial charge in [0, 0.05) is 12.0 Å². The van der Waals surface area contributed by atoms with Gasteiger partial charge in [0.25, 0.3) is 0 Å².